The Bertz CT molecular complexity index is 676. The lowest BCUT2D eigenvalue weighted by Gasteiger charge is -1.97. The highest BCUT2D eigenvalue weighted by Crippen LogP contribution is 2.31. The first-order valence-corrected chi connectivity index (χ1v) is 5.74. The van der Waals surface area contributed by atoms with Crippen LogP contribution in [-0.2, 0) is 7.05 Å². The Morgan fingerprint density at radius 1 is 1.11 bits per heavy atom. The Kier molecular flexibility index (Phi) is 3.92. The molecule has 18 heavy (non-hydrogen) atoms. The van der Waals surface area contributed by atoms with E-state index >= 15 is 0 Å². The number of hydrogen-bond acceptors (Lipinski definition) is 1. The third-order valence-electron chi connectivity index (χ3n) is 2.82. The molecule has 0 spiro atoms. The summed E-state index contributed by atoms with van der Waals surface area (Å²) in [5.41, 5.74) is 3.06. The Labute approximate surface area is 127 Å². The van der Waals surface area contributed by atoms with E-state index in [1.165, 1.54) is 0 Å². The molecule has 0 fully saturated rings. The van der Waals surface area contributed by atoms with Gasteiger partial charge >= 0.3 is 0 Å². The number of nitrogens with zero attached hydrogens (tertiary/aromatic N) is 1. The van der Waals surface area contributed by atoms with E-state index in [1.54, 1.807) is 6.26 Å². The average Bonchev–Trinajstić information content (AvgIpc) is 2.73. The minimum atomic E-state index is 0. The molecule has 4 heteroatoms. The molecule has 3 rings (SSSR count). The molecule has 2 nitrogen and oxygen atoms in total. The van der Waals surface area contributed by atoms with Crippen LogP contribution < -0.4 is 28.5 Å². The maximum Gasteiger partial charge on any atom is 0.169 e. The first-order chi connectivity index (χ1) is 8.24. The quantitative estimate of drug-likeness (QED) is 0.452. The van der Waals surface area contributed by atoms with Gasteiger partial charge in [0.05, 0.1) is 6.26 Å². The number of hydrogen-bond donors (Lipinski definition) is 0. The fourth-order valence-electron chi connectivity index (χ4n) is 1.91. The standard InChI is InChI=1S/C14H11ClNO.HI/c1-16-6-4-10(5-7-16)13-9-17-14-3-2-11(15)8-12(13)14;/h2-9H,1H3;1H/q+1;/p-1. The number of benzene rings is 1. The van der Waals surface area contributed by atoms with E-state index in [0.717, 1.165) is 27.1 Å². The van der Waals surface area contributed by atoms with Gasteiger partial charge in [-0.1, -0.05) is 11.6 Å². The van der Waals surface area contributed by atoms with E-state index < -0.39 is 0 Å². The Morgan fingerprint density at radius 3 is 2.56 bits per heavy atom. The molecule has 0 aliphatic heterocycles. The molecule has 0 N–H and O–H groups in total. The Hall–Kier alpha value is -1.07. The lowest BCUT2D eigenvalue weighted by molar-refractivity contribution is -0.671. The zero-order valence-corrected chi connectivity index (χ0v) is 12.6. The number of halogens is 2. The Morgan fingerprint density at radius 2 is 1.83 bits per heavy atom. The Balaban J connectivity index is 0.00000120. The van der Waals surface area contributed by atoms with Crippen LogP contribution in [-0.4, -0.2) is 0 Å². The van der Waals surface area contributed by atoms with Gasteiger partial charge in [-0.2, -0.15) is 0 Å². The van der Waals surface area contributed by atoms with Crippen LogP contribution in [0.4, 0.5) is 0 Å². The van der Waals surface area contributed by atoms with Gasteiger partial charge in [0.2, 0.25) is 0 Å². The first kappa shape index (κ1) is 13.4. The summed E-state index contributed by atoms with van der Waals surface area (Å²) in [7, 11) is 1.99. The monoisotopic (exact) mass is 371 g/mol. The number of aryl methyl sites for hydroxylation is 1. The van der Waals surface area contributed by atoms with Crippen molar-refractivity contribution in [3.8, 4) is 11.1 Å². The fraction of sp³-hybridized carbons (Fsp3) is 0.0714. The summed E-state index contributed by atoms with van der Waals surface area (Å²) in [6.45, 7) is 0. The largest absolute Gasteiger partial charge is 1.00 e. The van der Waals surface area contributed by atoms with Crippen molar-refractivity contribution in [1.82, 2.24) is 0 Å². The van der Waals surface area contributed by atoms with Gasteiger partial charge in [0.25, 0.3) is 0 Å². The second-order valence-electron chi connectivity index (χ2n) is 4.04. The SMILES string of the molecule is C[n+]1ccc(-c2coc3ccc(Cl)cc23)cc1.[I-]. The molecular formula is C14H11ClINO. The summed E-state index contributed by atoms with van der Waals surface area (Å²) in [5.74, 6) is 0. The lowest BCUT2D eigenvalue weighted by atomic mass is 10.1. The predicted molar refractivity (Wildman–Crippen MR) is 67.8 cm³/mol. The number of aromatic nitrogens is 1. The molecule has 0 saturated heterocycles. The van der Waals surface area contributed by atoms with Crippen LogP contribution in [0.2, 0.25) is 5.02 Å². The first-order valence-electron chi connectivity index (χ1n) is 5.36. The molecule has 92 valence electrons. The van der Waals surface area contributed by atoms with Gasteiger partial charge in [0, 0.05) is 28.1 Å². The summed E-state index contributed by atoms with van der Waals surface area (Å²) >= 11 is 6.01. The summed E-state index contributed by atoms with van der Waals surface area (Å²) in [6.07, 6.45) is 5.80. The van der Waals surface area contributed by atoms with Crippen molar-refractivity contribution in [3.05, 3.63) is 54.0 Å². The van der Waals surface area contributed by atoms with E-state index in [9.17, 15) is 0 Å². The van der Waals surface area contributed by atoms with Crippen molar-refractivity contribution in [2.75, 3.05) is 0 Å². The van der Waals surface area contributed by atoms with Crippen molar-refractivity contribution < 1.29 is 33.0 Å². The van der Waals surface area contributed by atoms with E-state index in [1.807, 2.05) is 42.2 Å². The number of rotatable bonds is 1. The van der Waals surface area contributed by atoms with Gasteiger partial charge in [0.15, 0.2) is 12.4 Å². The second kappa shape index (κ2) is 5.28. The van der Waals surface area contributed by atoms with Crippen molar-refractivity contribution >= 4 is 22.6 Å². The van der Waals surface area contributed by atoms with Crippen LogP contribution in [0.1, 0.15) is 0 Å². The maximum absolute atomic E-state index is 6.01. The number of pyridine rings is 1. The highest BCUT2D eigenvalue weighted by molar-refractivity contribution is 6.31. The molecule has 0 radical (unpaired) electrons. The average molecular weight is 372 g/mol. The summed E-state index contributed by atoms with van der Waals surface area (Å²) in [4.78, 5) is 0. The van der Waals surface area contributed by atoms with Crippen LogP contribution in [0, 0.1) is 0 Å². The third kappa shape index (κ3) is 2.37. The lowest BCUT2D eigenvalue weighted by Crippen LogP contribution is -3.00. The highest BCUT2D eigenvalue weighted by Gasteiger charge is 2.09. The van der Waals surface area contributed by atoms with E-state index in [2.05, 4.69) is 12.1 Å². The maximum atomic E-state index is 6.01. The van der Waals surface area contributed by atoms with Crippen molar-refractivity contribution in [3.63, 3.8) is 0 Å². The molecule has 0 amide bonds. The molecule has 0 aliphatic rings. The molecule has 0 saturated carbocycles. The van der Waals surface area contributed by atoms with E-state index in [0.29, 0.717) is 0 Å². The molecule has 2 aromatic heterocycles. The molecule has 3 aromatic rings. The minimum absolute atomic E-state index is 0. The van der Waals surface area contributed by atoms with E-state index in [-0.39, 0.29) is 24.0 Å². The summed E-state index contributed by atoms with van der Waals surface area (Å²) < 4.78 is 7.52. The predicted octanol–water partition coefficient (Wildman–Crippen LogP) is 0.582. The third-order valence-corrected chi connectivity index (χ3v) is 3.06. The van der Waals surface area contributed by atoms with Gasteiger partial charge in [0.1, 0.15) is 12.6 Å². The molecule has 0 unspecified atom stereocenters. The smallest absolute Gasteiger partial charge is 0.169 e. The van der Waals surface area contributed by atoms with Gasteiger partial charge in [-0.05, 0) is 23.8 Å². The minimum Gasteiger partial charge on any atom is -1.00 e. The van der Waals surface area contributed by atoms with Crippen LogP contribution >= 0.6 is 11.6 Å². The van der Waals surface area contributed by atoms with Crippen LogP contribution in [0.5, 0.6) is 0 Å². The molecular weight excluding hydrogens is 361 g/mol. The number of furan rings is 1. The van der Waals surface area contributed by atoms with Crippen molar-refractivity contribution in [2.45, 2.75) is 0 Å². The topological polar surface area (TPSA) is 17.0 Å². The fourth-order valence-corrected chi connectivity index (χ4v) is 2.08. The van der Waals surface area contributed by atoms with Crippen molar-refractivity contribution in [1.29, 1.82) is 0 Å². The van der Waals surface area contributed by atoms with E-state index in [4.69, 9.17) is 16.0 Å². The van der Waals surface area contributed by atoms with Crippen LogP contribution in [0.15, 0.2) is 53.4 Å². The molecule has 1 aromatic carbocycles. The molecule has 0 aliphatic carbocycles. The molecule has 0 atom stereocenters. The van der Waals surface area contributed by atoms with Gasteiger partial charge in [-0.15, -0.1) is 0 Å². The zero-order valence-electron chi connectivity index (χ0n) is 9.73. The molecule has 2 heterocycles. The van der Waals surface area contributed by atoms with Gasteiger partial charge in [-0.25, -0.2) is 4.57 Å². The van der Waals surface area contributed by atoms with Crippen LogP contribution in [0.25, 0.3) is 22.1 Å². The van der Waals surface area contributed by atoms with Crippen LogP contribution in [0.3, 0.4) is 0 Å². The summed E-state index contributed by atoms with van der Waals surface area (Å²) in [5, 5.41) is 1.77. The number of fused-ring (bicyclic) bond motifs is 1. The van der Waals surface area contributed by atoms with Gasteiger partial charge < -0.3 is 28.4 Å². The highest BCUT2D eigenvalue weighted by atomic mass is 127. The zero-order chi connectivity index (χ0) is 11.8. The normalized spacial score (nSPS) is 10.3. The summed E-state index contributed by atoms with van der Waals surface area (Å²) in [6, 6.07) is 9.78. The van der Waals surface area contributed by atoms with Gasteiger partial charge in [-0.3, -0.25) is 0 Å². The second-order valence-corrected chi connectivity index (χ2v) is 4.48. The van der Waals surface area contributed by atoms with Crippen molar-refractivity contribution in [2.24, 2.45) is 7.05 Å². The molecule has 0 bridgehead atoms.